The molecule has 0 amide bonds. The van der Waals surface area contributed by atoms with E-state index >= 15 is 0 Å². The predicted octanol–water partition coefficient (Wildman–Crippen LogP) is 1.40. The standard InChI is InChI=1S/C11H9F2N3O/c1-6-5-9(17)11(14)15-16(6)10-7(12)3-2-4-8(10)13/h2-5H,1H3,(H2,14,15). The number of nitrogens with two attached hydrogens (primary N) is 1. The van der Waals surface area contributed by atoms with E-state index < -0.39 is 17.1 Å². The van der Waals surface area contributed by atoms with E-state index in [4.69, 9.17) is 5.73 Å². The van der Waals surface area contributed by atoms with Gasteiger partial charge in [-0.05, 0) is 19.1 Å². The first-order chi connectivity index (χ1) is 8.00. The molecule has 88 valence electrons. The Hall–Kier alpha value is -2.24. The fourth-order valence-corrected chi connectivity index (χ4v) is 1.48. The van der Waals surface area contributed by atoms with Crippen LogP contribution in [0.25, 0.3) is 5.69 Å². The smallest absolute Gasteiger partial charge is 0.224 e. The van der Waals surface area contributed by atoms with Crippen molar-refractivity contribution >= 4 is 5.82 Å². The lowest BCUT2D eigenvalue weighted by molar-refractivity contribution is 0.555. The molecule has 1 heterocycles. The van der Waals surface area contributed by atoms with E-state index in [1.54, 1.807) is 0 Å². The molecule has 0 bridgehead atoms. The number of rotatable bonds is 1. The van der Waals surface area contributed by atoms with E-state index in [1.807, 2.05) is 0 Å². The molecule has 1 aromatic carbocycles. The van der Waals surface area contributed by atoms with Gasteiger partial charge in [0.15, 0.2) is 17.5 Å². The average Bonchev–Trinajstić information content (AvgIpc) is 2.25. The molecule has 2 aromatic rings. The third-order valence-electron chi connectivity index (χ3n) is 2.28. The fraction of sp³-hybridized carbons (Fsp3) is 0.0909. The van der Waals surface area contributed by atoms with Crippen molar-refractivity contribution < 1.29 is 8.78 Å². The summed E-state index contributed by atoms with van der Waals surface area (Å²) in [7, 11) is 0. The highest BCUT2D eigenvalue weighted by Gasteiger charge is 2.13. The van der Waals surface area contributed by atoms with Crippen LogP contribution in [-0.2, 0) is 0 Å². The molecule has 0 atom stereocenters. The Balaban J connectivity index is 2.77. The normalized spacial score (nSPS) is 10.5. The summed E-state index contributed by atoms with van der Waals surface area (Å²) in [5.41, 5.74) is 4.81. The van der Waals surface area contributed by atoms with Gasteiger partial charge in [0, 0.05) is 11.8 Å². The highest BCUT2D eigenvalue weighted by atomic mass is 19.1. The first kappa shape index (κ1) is 11.3. The maximum Gasteiger partial charge on any atom is 0.224 e. The van der Waals surface area contributed by atoms with Crippen LogP contribution < -0.4 is 11.2 Å². The minimum atomic E-state index is -0.774. The van der Waals surface area contributed by atoms with Crippen molar-refractivity contribution in [3.8, 4) is 5.69 Å². The van der Waals surface area contributed by atoms with Crippen molar-refractivity contribution in [3.05, 3.63) is 51.8 Å². The van der Waals surface area contributed by atoms with Crippen LogP contribution in [0.2, 0.25) is 0 Å². The number of nitrogen functional groups attached to an aromatic ring is 1. The van der Waals surface area contributed by atoms with Crippen LogP contribution >= 0.6 is 0 Å². The first-order valence-electron chi connectivity index (χ1n) is 4.81. The van der Waals surface area contributed by atoms with Crippen molar-refractivity contribution in [2.75, 3.05) is 5.73 Å². The van der Waals surface area contributed by atoms with E-state index in [9.17, 15) is 13.6 Å². The van der Waals surface area contributed by atoms with Crippen LogP contribution in [0.5, 0.6) is 0 Å². The number of anilines is 1. The van der Waals surface area contributed by atoms with Crippen molar-refractivity contribution in [3.63, 3.8) is 0 Å². The maximum absolute atomic E-state index is 13.5. The molecule has 2 N–H and O–H groups in total. The minimum Gasteiger partial charge on any atom is -0.379 e. The van der Waals surface area contributed by atoms with Crippen molar-refractivity contribution in [2.24, 2.45) is 0 Å². The molecule has 0 saturated carbocycles. The molecule has 0 saturated heterocycles. The van der Waals surface area contributed by atoms with Gasteiger partial charge in [0.25, 0.3) is 0 Å². The second-order valence-corrected chi connectivity index (χ2v) is 3.52. The Morgan fingerprint density at radius 2 is 1.88 bits per heavy atom. The number of benzene rings is 1. The molecular formula is C11H9F2N3O. The third-order valence-corrected chi connectivity index (χ3v) is 2.28. The zero-order chi connectivity index (χ0) is 12.6. The zero-order valence-corrected chi connectivity index (χ0v) is 8.95. The number of aromatic nitrogens is 2. The Kier molecular flexibility index (Phi) is 2.63. The van der Waals surface area contributed by atoms with Gasteiger partial charge in [-0.3, -0.25) is 4.79 Å². The van der Waals surface area contributed by atoms with E-state index in [0.29, 0.717) is 5.69 Å². The third kappa shape index (κ3) is 1.89. The SMILES string of the molecule is Cc1cc(=O)c(N)nn1-c1c(F)cccc1F. The second-order valence-electron chi connectivity index (χ2n) is 3.52. The number of para-hydroxylation sites is 1. The molecule has 2 rings (SSSR count). The van der Waals surface area contributed by atoms with E-state index in [1.165, 1.54) is 19.1 Å². The molecule has 4 nitrogen and oxygen atoms in total. The molecule has 0 radical (unpaired) electrons. The monoisotopic (exact) mass is 237 g/mol. The predicted molar refractivity (Wildman–Crippen MR) is 58.9 cm³/mol. The van der Waals surface area contributed by atoms with Crippen LogP contribution in [0.15, 0.2) is 29.1 Å². The quantitative estimate of drug-likeness (QED) is 0.815. The van der Waals surface area contributed by atoms with Gasteiger partial charge < -0.3 is 5.73 Å². The summed E-state index contributed by atoms with van der Waals surface area (Å²) in [5, 5.41) is 3.67. The molecule has 1 aromatic heterocycles. The molecule has 0 fully saturated rings. The van der Waals surface area contributed by atoms with Gasteiger partial charge in [0.05, 0.1) is 0 Å². The summed E-state index contributed by atoms with van der Waals surface area (Å²) in [6.45, 7) is 1.51. The van der Waals surface area contributed by atoms with Crippen LogP contribution in [0.3, 0.4) is 0 Å². The van der Waals surface area contributed by atoms with Gasteiger partial charge in [0.2, 0.25) is 5.43 Å². The van der Waals surface area contributed by atoms with Crippen molar-refractivity contribution in [1.82, 2.24) is 9.78 Å². The highest BCUT2D eigenvalue weighted by Crippen LogP contribution is 2.17. The number of nitrogens with zero attached hydrogens (tertiary/aromatic N) is 2. The number of aryl methyl sites for hydroxylation is 1. The van der Waals surface area contributed by atoms with Crippen LogP contribution in [0.1, 0.15) is 5.69 Å². The molecule has 0 aliphatic rings. The van der Waals surface area contributed by atoms with Crippen molar-refractivity contribution in [1.29, 1.82) is 0 Å². The summed E-state index contributed by atoms with van der Waals surface area (Å²) in [6.07, 6.45) is 0. The number of hydrogen-bond donors (Lipinski definition) is 1. The second kappa shape index (κ2) is 3.97. The Morgan fingerprint density at radius 3 is 2.47 bits per heavy atom. The van der Waals surface area contributed by atoms with Gasteiger partial charge in [-0.2, -0.15) is 0 Å². The molecule has 0 aliphatic carbocycles. The summed E-state index contributed by atoms with van der Waals surface area (Å²) in [5.74, 6) is -1.86. The fourth-order valence-electron chi connectivity index (χ4n) is 1.48. The molecular weight excluding hydrogens is 228 g/mol. The lowest BCUT2D eigenvalue weighted by Crippen LogP contribution is -2.19. The van der Waals surface area contributed by atoms with Gasteiger partial charge in [-0.15, -0.1) is 5.10 Å². The summed E-state index contributed by atoms with van der Waals surface area (Å²) >= 11 is 0. The number of halogens is 2. The molecule has 6 heteroatoms. The summed E-state index contributed by atoms with van der Waals surface area (Å²) in [6, 6.07) is 4.63. The molecule has 0 spiro atoms. The Labute approximate surface area is 95.3 Å². The molecule has 0 unspecified atom stereocenters. The minimum absolute atomic E-state index is 0.299. The molecule has 0 aliphatic heterocycles. The van der Waals surface area contributed by atoms with Crippen LogP contribution in [0, 0.1) is 18.6 Å². The van der Waals surface area contributed by atoms with Gasteiger partial charge in [-0.25, -0.2) is 13.5 Å². The van der Waals surface area contributed by atoms with Gasteiger partial charge in [-0.1, -0.05) is 6.07 Å². The zero-order valence-electron chi connectivity index (χ0n) is 8.95. The Morgan fingerprint density at radius 1 is 1.29 bits per heavy atom. The largest absolute Gasteiger partial charge is 0.379 e. The van der Waals surface area contributed by atoms with Gasteiger partial charge >= 0.3 is 0 Å². The summed E-state index contributed by atoms with van der Waals surface area (Å²) < 4.78 is 28.0. The van der Waals surface area contributed by atoms with E-state index in [-0.39, 0.29) is 11.5 Å². The first-order valence-corrected chi connectivity index (χ1v) is 4.81. The number of hydrogen-bond acceptors (Lipinski definition) is 3. The topological polar surface area (TPSA) is 60.9 Å². The summed E-state index contributed by atoms with van der Waals surface area (Å²) in [4.78, 5) is 11.2. The van der Waals surface area contributed by atoms with E-state index in [2.05, 4.69) is 5.10 Å². The molecule has 17 heavy (non-hydrogen) atoms. The van der Waals surface area contributed by atoms with Gasteiger partial charge in [0.1, 0.15) is 5.69 Å². The average molecular weight is 237 g/mol. The van der Waals surface area contributed by atoms with Crippen LogP contribution in [0.4, 0.5) is 14.6 Å². The maximum atomic E-state index is 13.5. The Bertz CT molecular complexity index is 617. The van der Waals surface area contributed by atoms with Crippen molar-refractivity contribution in [2.45, 2.75) is 6.92 Å². The lowest BCUT2D eigenvalue weighted by Gasteiger charge is -2.11. The highest BCUT2D eigenvalue weighted by molar-refractivity contribution is 5.38. The van der Waals surface area contributed by atoms with E-state index in [0.717, 1.165) is 16.8 Å². The van der Waals surface area contributed by atoms with Crippen LogP contribution in [-0.4, -0.2) is 9.78 Å². The lowest BCUT2D eigenvalue weighted by atomic mass is 10.2.